The number of aromatic nitrogens is 1. The Morgan fingerprint density at radius 2 is 2.11 bits per heavy atom. The number of ether oxygens (including phenoxy) is 1. The second kappa shape index (κ2) is 12.2. The Morgan fingerprint density at radius 1 is 1.33 bits per heavy atom. The van der Waals surface area contributed by atoms with E-state index < -0.39 is 0 Å². The minimum Gasteiger partial charge on any atom is -0.377 e. The van der Waals surface area contributed by atoms with Crippen molar-refractivity contribution in [1.29, 1.82) is 0 Å². The highest BCUT2D eigenvalue weighted by molar-refractivity contribution is 14.0. The Bertz CT molecular complexity index is 571. The van der Waals surface area contributed by atoms with Crippen molar-refractivity contribution in [3.8, 4) is 0 Å². The molecule has 2 rings (SSSR count). The van der Waals surface area contributed by atoms with Gasteiger partial charge in [-0.3, -0.25) is 4.99 Å². The fourth-order valence-corrected chi connectivity index (χ4v) is 4.40. The molecule has 0 radical (unpaired) electrons. The number of nitrogens with one attached hydrogen (secondary N) is 2. The number of hydrogen-bond donors (Lipinski definition) is 2. The van der Waals surface area contributed by atoms with Crippen molar-refractivity contribution in [2.24, 2.45) is 16.3 Å². The molecular formula is C20H37IN4OS. The van der Waals surface area contributed by atoms with Gasteiger partial charge in [-0.05, 0) is 44.4 Å². The van der Waals surface area contributed by atoms with Gasteiger partial charge in [-0.2, -0.15) is 0 Å². The van der Waals surface area contributed by atoms with Crippen molar-refractivity contribution >= 4 is 41.3 Å². The van der Waals surface area contributed by atoms with Crippen molar-refractivity contribution in [3.63, 3.8) is 0 Å². The minimum atomic E-state index is 0. The van der Waals surface area contributed by atoms with Crippen molar-refractivity contribution in [2.75, 3.05) is 26.7 Å². The fraction of sp³-hybridized carbons (Fsp3) is 0.800. The highest BCUT2D eigenvalue weighted by Gasteiger charge is 2.35. The summed E-state index contributed by atoms with van der Waals surface area (Å²) in [6.07, 6.45) is 6.03. The lowest BCUT2D eigenvalue weighted by Gasteiger charge is -2.40. The number of rotatable bonds is 7. The Hall–Kier alpha value is -0.410. The molecule has 1 aliphatic heterocycles. The van der Waals surface area contributed by atoms with E-state index in [0.29, 0.717) is 12.0 Å². The Morgan fingerprint density at radius 3 is 2.74 bits per heavy atom. The van der Waals surface area contributed by atoms with Crippen LogP contribution >= 0.6 is 35.3 Å². The van der Waals surface area contributed by atoms with E-state index in [4.69, 9.17) is 4.74 Å². The quantitative estimate of drug-likeness (QED) is 0.248. The summed E-state index contributed by atoms with van der Waals surface area (Å²) >= 11 is 1.76. The molecule has 1 aliphatic rings. The summed E-state index contributed by atoms with van der Waals surface area (Å²) < 4.78 is 6.07. The first-order valence-corrected chi connectivity index (χ1v) is 10.7. The number of guanidine groups is 1. The van der Waals surface area contributed by atoms with Crippen molar-refractivity contribution in [1.82, 2.24) is 15.6 Å². The highest BCUT2D eigenvalue weighted by Crippen LogP contribution is 2.33. The first-order chi connectivity index (χ1) is 12.4. The lowest BCUT2D eigenvalue weighted by atomic mass is 9.78. The van der Waals surface area contributed by atoms with Gasteiger partial charge in [-0.15, -0.1) is 35.3 Å². The van der Waals surface area contributed by atoms with E-state index in [1.54, 1.807) is 11.3 Å². The van der Waals surface area contributed by atoms with Gasteiger partial charge in [0.05, 0.1) is 11.1 Å². The molecule has 0 spiro atoms. The molecule has 0 bridgehead atoms. The number of nitrogens with zero attached hydrogens (tertiary/aromatic N) is 2. The van der Waals surface area contributed by atoms with Crippen LogP contribution in [0.15, 0.2) is 10.4 Å². The summed E-state index contributed by atoms with van der Waals surface area (Å²) in [4.78, 5) is 8.88. The van der Waals surface area contributed by atoms with Gasteiger partial charge in [-0.25, -0.2) is 4.98 Å². The molecule has 1 aromatic heterocycles. The van der Waals surface area contributed by atoms with Crippen LogP contribution in [0.5, 0.6) is 0 Å². The lowest BCUT2D eigenvalue weighted by molar-refractivity contribution is -0.0835. The second-order valence-corrected chi connectivity index (χ2v) is 9.22. The zero-order chi connectivity index (χ0) is 19.0. The van der Waals surface area contributed by atoms with Crippen molar-refractivity contribution in [3.05, 3.63) is 16.1 Å². The Kier molecular flexibility index (Phi) is 11.1. The van der Waals surface area contributed by atoms with Gasteiger partial charge in [0.15, 0.2) is 5.96 Å². The molecule has 156 valence electrons. The van der Waals surface area contributed by atoms with Crippen LogP contribution in [-0.2, 0) is 11.2 Å². The SMILES string of the molecule is CN=C(NCCCCc1nc(C)cs1)NCC1CCCOC1C(C)(C)C.I. The van der Waals surface area contributed by atoms with Crippen molar-refractivity contribution < 1.29 is 4.74 Å². The average Bonchev–Trinajstić information content (AvgIpc) is 3.02. The summed E-state index contributed by atoms with van der Waals surface area (Å²) in [6.45, 7) is 11.6. The smallest absolute Gasteiger partial charge is 0.190 e. The molecule has 1 fully saturated rings. The number of hydrogen-bond acceptors (Lipinski definition) is 4. The fourth-order valence-electron chi connectivity index (χ4n) is 3.58. The summed E-state index contributed by atoms with van der Waals surface area (Å²) in [5.74, 6) is 1.43. The van der Waals surface area contributed by atoms with Crippen LogP contribution in [0.4, 0.5) is 0 Å². The Balaban J connectivity index is 0.00000364. The predicted octanol–water partition coefficient (Wildman–Crippen LogP) is 4.40. The van der Waals surface area contributed by atoms with Crippen LogP contribution in [0.25, 0.3) is 0 Å². The number of halogens is 1. The zero-order valence-corrected chi connectivity index (χ0v) is 20.7. The topological polar surface area (TPSA) is 58.5 Å². The van der Waals surface area contributed by atoms with E-state index in [0.717, 1.165) is 57.0 Å². The maximum Gasteiger partial charge on any atom is 0.190 e. The molecule has 27 heavy (non-hydrogen) atoms. The van der Waals surface area contributed by atoms with Crippen LogP contribution in [0, 0.1) is 18.3 Å². The van der Waals surface area contributed by atoms with Crippen LogP contribution in [0.1, 0.15) is 57.2 Å². The van der Waals surface area contributed by atoms with Gasteiger partial charge in [-0.1, -0.05) is 20.8 Å². The Labute approximate surface area is 186 Å². The molecule has 5 nitrogen and oxygen atoms in total. The van der Waals surface area contributed by atoms with Gasteiger partial charge in [0.1, 0.15) is 0 Å². The molecular weight excluding hydrogens is 471 g/mol. The summed E-state index contributed by atoms with van der Waals surface area (Å²) in [7, 11) is 1.84. The van der Waals surface area contributed by atoms with Crippen molar-refractivity contribution in [2.45, 2.75) is 65.9 Å². The third kappa shape index (κ3) is 8.64. The molecule has 0 aromatic carbocycles. The normalized spacial score (nSPS) is 20.9. The molecule has 0 amide bonds. The maximum atomic E-state index is 6.07. The van der Waals surface area contributed by atoms with E-state index >= 15 is 0 Å². The number of aryl methyl sites for hydroxylation is 2. The molecule has 1 aromatic rings. The minimum absolute atomic E-state index is 0. The third-order valence-corrected chi connectivity index (χ3v) is 5.86. The number of aliphatic imine (C=N–C) groups is 1. The number of thiazole rings is 1. The maximum absolute atomic E-state index is 6.07. The monoisotopic (exact) mass is 508 g/mol. The van der Waals surface area contributed by atoms with E-state index in [9.17, 15) is 0 Å². The van der Waals surface area contributed by atoms with Gasteiger partial charge in [0, 0.05) is 43.7 Å². The standard InChI is InChI=1S/C20H36N4OS.HI/c1-15-14-26-17(24-15)10-6-7-11-22-19(21-5)23-13-16-9-8-12-25-18(16)20(2,3)4;/h14,16,18H,6-13H2,1-5H3,(H2,21,22,23);1H. The first kappa shape index (κ1) is 24.6. The predicted molar refractivity (Wildman–Crippen MR) is 126 cm³/mol. The van der Waals surface area contributed by atoms with Gasteiger partial charge >= 0.3 is 0 Å². The van der Waals surface area contributed by atoms with Crippen LogP contribution < -0.4 is 10.6 Å². The molecule has 0 aliphatic carbocycles. The highest BCUT2D eigenvalue weighted by atomic mass is 127. The number of unbranched alkanes of at least 4 members (excludes halogenated alkanes) is 1. The molecule has 2 N–H and O–H groups in total. The average molecular weight is 509 g/mol. The van der Waals surface area contributed by atoms with E-state index in [-0.39, 0.29) is 29.4 Å². The molecule has 7 heteroatoms. The molecule has 2 heterocycles. The van der Waals surface area contributed by atoms with E-state index in [1.807, 2.05) is 7.05 Å². The molecule has 2 atom stereocenters. The van der Waals surface area contributed by atoms with Gasteiger partial charge < -0.3 is 15.4 Å². The van der Waals surface area contributed by atoms with Gasteiger partial charge in [0.2, 0.25) is 0 Å². The van der Waals surface area contributed by atoms with Crippen LogP contribution in [0.3, 0.4) is 0 Å². The van der Waals surface area contributed by atoms with E-state index in [1.165, 1.54) is 11.4 Å². The second-order valence-electron chi connectivity index (χ2n) is 8.28. The summed E-state index contributed by atoms with van der Waals surface area (Å²) in [5.41, 5.74) is 1.31. The third-order valence-electron chi connectivity index (χ3n) is 4.83. The van der Waals surface area contributed by atoms with Crippen LogP contribution in [0.2, 0.25) is 0 Å². The molecule has 2 unspecified atom stereocenters. The van der Waals surface area contributed by atoms with Crippen LogP contribution in [-0.4, -0.2) is 43.8 Å². The molecule has 1 saturated heterocycles. The first-order valence-electron chi connectivity index (χ1n) is 9.87. The lowest BCUT2D eigenvalue weighted by Crippen LogP contribution is -2.47. The largest absolute Gasteiger partial charge is 0.377 e. The summed E-state index contributed by atoms with van der Waals surface area (Å²) in [5, 5.41) is 10.3. The molecule has 0 saturated carbocycles. The zero-order valence-electron chi connectivity index (χ0n) is 17.5. The van der Waals surface area contributed by atoms with E-state index in [2.05, 4.69) is 53.7 Å². The summed E-state index contributed by atoms with van der Waals surface area (Å²) in [6, 6.07) is 0. The van der Waals surface area contributed by atoms with Gasteiger partial charge in [0.25, 0.3) is 0 Å².